The molecule has 1 aliphatic rings. The lowest BCUT2D eigenvalue weighted by atomic mass is 10.1. The minimum absolute atomic E-state index is 0.357. The maximum absolute atomic E-state index is 5.77. The summed E-state index contributed by atoms with van der Waals surface area (Å²) in [5.74, 6) is 0.949. The van der Waals surface area contributed by atoms with Gasteiger partial charge < -0.3 is 4.74 Å². The zero-order chi connectivity index (χ0) is 13.8. The van der Waals surface area contributed by atoms with Gasteiger partial charge in [-0.15, -0.1) is 10.2 Å². The Hall–Kier alpha value is -1.33. The van der Waals surface area contributed by atoms with Gasteiger partial charge in [-0.2, -0.15) is 0 Å². The Morgan fingerprint density at radius 2 is 2.25 bits per heavy atom. The number of rotatable bonds is 4. The average molecular weight is 289 g/mol. The molecule has 2 heterocycles. The number of thioether (sulfide) groups is 1. The normalized spacial score (nSPS) is 19.1. The Labute approximate surface area is 123 Å². The molecule has 0 saturated carbocycles. The number of aryl methyl sites for hydroxylation is 1. The van der Waals surface area contributed by atoms with Gasteiger partial charge in [-0.25, -0.2) is 0 Å². The number of nitrogens with zero attached hydrogens (tertiary/aromatic N) is 3. The van der Waals surface area contributed by atoms with E-state index in [4.69, 9.17) is 4.74 Å². The highest BCUT2D eigenvalue weighted by Gasteiger charge is 2.16. The molecule has 1 aromatic carbocycles. The van der Waals surface area contributed by atoms with Crippen molar-refractivity contribution in [1.82, 2.24) is 14.8 Å². The molecule has 1 saturated heterocycles. The molecular formula is C15H19N3OS. The minimum atomic E-state index is 0.357. The second-order valence-corrected chi connectivity index (χ2v) is 6.06. The van der Waals surface area contributed by atoms with Gasteiger partial charge in [-0.3, -0.25) is 4.57 Å². The van der Waals surface area contributed by atoms with E-state index in [1.165, 1.54) is 18.4 Å². The van der Waals surface area contributed by atoms with Crippen molar-refractivity contribution in [2.75, 3.05) is 12.4 Å². The molecule has 4 nitrogen and oxygen atoms in total. The monoisotopic (exact) mass is 289 g/mol. The second-order valence-electron chi connectivity index (χ2n) is 5.07. The first kappa shape index (κ1) is 13.6. The van der Waals surface area contributed by atoms with Crippen LogP contribution in [-0.2, 0) is 4.74 Å². The number of para-hydroxylation sites is 1. The van der Waals surface area contributed by atoms with E-state index in [2.05, 4.69) is 33.8 Å². The van der Waals surface area contributed by atoms with Crippen LogP contribution in [0.4, 0.5) is 0 Å². The summed E-state index contributed by atoms with van der Waals surface area (Å²) in [7, 11) is 0. The fourth-order valence-electron chi connectivity index (χ4n) is 2.43. The minimum Gasteiger partial charge on any atom is -0.377 e. The molecule has 0 aliphatic carbocycles. The molecule has 5 heteroatoms. The van der Waals surface area contributed by atoms with Gasteiger partial charge in [-0.05, 0) is 37.8 Å². The van der Waals surface area contributed by atoms with E-state index in [9.17, 15) is 0 Å². The van der Waals surface area contributed by atoms with Crippen LogP contribution in [0, 0.1) is 6.92 Å². The molecule has 106 valence electrons. The predicted octanol–water partition coefficient (Wildman–Crippen LogP) is 3.24. The number of aromatic nitrogens is 3. The van der Waals surface area contributed by atoms with Crippen molar-refractivity contribution in [3.05, 3.63) is 36.2 Å². The number of hydrogen-bond acceptors (Lipinski definition) is 4. The Morgan fingerprint density at radius 1 is 1.35 bits per heavy atom. The highest BCUT2D eigenvalue weighted by molar-refractivity contribution is 7.99. The van der Waals surface area contributed by atoms with Gasteiger partial charge in [0.1, 0.15) is 6.33 Å². The van der Waals surface area contributed by atoms with Gasteiger partial charge in [0, 0.05) is 12.4 Å². The van der Waals surface area contributed by atoms with E-state index >= 15 is 0 Å². The molecule has 0 N–H and O–H groups in total. The van der Waals surface area contributed by atoms with Crippen molar-refractivity contribution >= 4 is 11.8 Å². The van der Waals surface area contributed by atoms with Gasteiger partial charge in [0.15, 0.2) is 5.16 Å². The summed E-state index contributed by atoms with van der Waals surface area (Å²) in [6.07, 6.45) is 5.77. The smallest absolute Gasteiger partial charge is 0.195 e. The summed E-state index contributed by atoms with van der Waals surface area (Å²) in [5.41, 5.74) is 2.37. The molecule has 2 aromatic rings. The van der Waals surface area contributed by atoms with Crippen molar-refractivity contribution in [3.8, 4) is 5.69 Å². The van der Waals surface area contributed by atoms with E-state index in [1.54, 1.807) is 18.1 Å². The third kappa shape index (κ3) is 3.04. The molecule has 0 unspecified atom stereocenters. The zero-order valence-corrected chi connectivity index (χ0v) is 12.5. The highest BCUT2D eigenvalue weighted by Crippen LogP contribution is 2.25. The average Bonchev–Trinajstić information content (AvgIpc) is 2.95. The molecule has 0 spiro atoms. The van der Waals surface area contributed by atoms with Crippen LogP contribution in [0.3, 0.4) is 0 Å². The number of benzene rings is 1. The SMILES string of the molecule is Cc1ccccc1-n1cnnc1SC[C@@H]1CCCCO1. The zero-order valence-electron chi connectivity index (χ0n) is 11.7. The summed E-state index contributed by atoms with van der Waals surface area (Å²) >= 11 is 1.73. The quantitative estimate of drug-likeness (QED) is 0.810. The van der Waals surface area contributed by atoms with Crippen LogP contribution in [0.15, 0.2) is 35.7 Å². The van der Waals surface area contributed by atoms with Crippen molar-refractivity contribution in [2.24, 2.45) is 0 Å². The van der Waals surface area contributed by atoms with E-state index in [0.717, 1.165) is 29.6 Å². The summed E-state index contributed by atoms with van der Waals surface area (Å²) in [6.45, 7) is 3.00. The molecular weight excluding hydrogens is 270 g/mol. The van der Waals surface area contributed by atoms with Crippen LogP contribution in [0.5, 0.6) is 0 Å². The molecule has 20 heavy (non-hydrogen) atoms. The van der Waals surface area contributed by atoms with Crippen LogP contribution < -0.4 is 0 Å². The molecule has 1 atom stereocenters. The van der Waals surface area contributed by atoms with Gasteiger partial charge >= 0.3 is 0 Å². The van der Waals surface area contributed by atoms with Gasteiger partial charge in [0.2, 0.25) is 0 Å². The lowest BCUT2D eigenvalue weighted by molar-refractivity contribution is 0.0315. The lowest BCUT2D eigenvalue weighted by Crippen LogP contribution is -2.21. The summed E-state index contributed by atoms with van der Waals surface area (Å²) < 4.78 is 7.83. The van der Waals surface area contributed by atoms with Crippen LogP contribution in [-0.4, -0.2) is 33.2 Å². The Morgan fingerprint density at radius 3 is 3.05 bits per heavy atom. The molecule has 1 fully saturated rings. The van der Waals surface area contributed by atoms with Crippen molar-refractivity contribution in [1.29, 1.82) is 0 Å². The van der Waals surface area contributed by atoms with Crippen molar-refractivity contribution < 1.29 is 4.74 Å². The first-order chi connectivity index (χ1) is 9.84. The first-order valence-electron chi connectivity index (χ1n) is 7.05. The van der Waals surface area contributed by atoms with E-state index in [1.807, 2.05) is 12.1 Å². The largest absolute Gasteiger partial charge is 0.377 e. The predicted molar refractivity (Wildman–Crippen MR) is 80.4 cm³/mol. The van der Waals surface area contributed by atoms with Gasteiger partial charge in [0.25, 0.3) is 0 Å². The molecule has 1 aromatic heterocycles. The van der Waals surface area contributed by atoms with E-state index < -0.39 is 0 Å². The van der Waals surface area contributed by atoms with E-state index in [-0.39, 0.29) is 0 Å². The van der Waals surface area contributed by atoms with Crippen LogP contribution >= 0.6 is 11.8 Å². The van der Waals surface area contributed by atoms with Gasteiger partial charge in [-0.1, -0.05) is 30.0 Å². The molecule has 0 amide bonds. The van der Waals surface area contributed by atoms with Crippen LogP contribution in [0.1, 0.15) is 24.8 Å². The third-order valence-electron chi connectivity index (χ3n) is 3.56. The van der Waals surface area contributed by atoms with Crippen molar-refractivity contribution in [3.63, 3.8) is 0 Å². The summed E-state index contributed by atoms with van der Waals surface area (Å²) in [6, 6.07) is 8.29. The standard InChI is InChI=1S/C15H19N3OS/c1-12-6-2-3-8-14(12)18-11-16-17-15(18)20-10-13-7-4-5-9-19-13/h2-3,6,8,11,13H,4-5,7,9-10H2,1H3/t13-/m0/s1. The summed E-state index contributed by atoms with van der Waals surface area (Å²) in [4.78, 5) is 0. The lowest BCUT2D eigenvalue weighted by Gasteiger charge is -2.21. The summed E-state index contributed by atoms with van der Waals surface area (Å²) in [5, 5.41) is 9.23. The highest BCUT2D eigenvalue weighted by atomic mass is 32.2. The topological polar surface area (TPSA) is 39.9 Å². The Balaban J connectivity index is 1.72. The Bertz CT molecular complexity index is 564. The van der Waals surface area contributed by atoms with Crippen molar-refractivity contribution in [2.45, 2.75) is 37.4 Å². The third-order valence-corrected chi connectivity index (χ3v) is 4.64. The maximum Gasteiger partial charge on any atom is 0.195 e. The maximum atomic E-state index is 5.77. The second kappa shape index (κ2) is 6.41. The van der Waals surface area contributed by atoms with E-state index in [0.29, 0.717) is 6.10 Å². The fourth-order valence-corrected chi connectivity index (χ4v) is 3.42. The molecule has 0 radical (unpaired) electrons. The van der Waals surface area contributed by atoms with Crippen LogP contribution in [0.25, 0.3) is 5.69 Å². The fraction of sp³-hybridized carbons (Fsp3) is 0.467. The molecule has 3 rings (SSSR count). The van der Waals surface area contributed by atoms with Crippen LogP contribution in [0.2, 0.25) is 0 Å². The number of hydrogen-bond donors (Lipinski definition) is 0. The Kier molecular flexibility index (Phi) is 4.38. The first-order valence-corrected chi connectivity index (χ1v) is 8.03. The molecule has 1 aliphatic heterocycles. The van der Waals surface area contributed by atoms with Gasteiger partial charge in [0.05, 0.1) is 11.8 Å². The molecule has 0 bridgehead atoms. The number of ether oxygens (including phenoxy) is 1.